The number of nitrogens with one attached hydrogen (secondary N) is 1. The molecule has 1 fully saturated rings. The minimum absolute atomic E-state index is 0.0994. The maximum absolute atomic E-state index is 14.2. The molecule has 0 radical (unpaired) electrons. The Morgan fingerprint density at radius 2 is 1.60 bits per heavy atom. The number of para-hydroxylation sites is 1. The highest BCUT2D eigenvalue weighted by Crippen LogP contribution is 2.27. The molecule has 1 N–H and O–H groups in total. The van der Waals surface area contributed by atoms with Crippen LogP contribution in [0, 0.1) is 13.8 Å². The van der Waals surface area contributed by atoms with Crippen LogP contribution >= 0.6 is 0 Å². The van der Waals surface area contributed by atoms with Crippen LogP contribution in [0.4, 0.5) is 5.69 Å². The lowest BCUT2D eigenvalue weighted by Crippen LogP contribution is -2.53. The van der Waals surface area contributed by atoms with Crippen LogP contribution in [-0.2, 0) is 26.2 Å². The number of amides is 2. The van der Waals surface area contributed by atoms with E-state index in [-0.39, 0.29) is 23.4 Å². The molecule has 0 bridgehead atoms. The largest absolute Gasteiger partial charge is 0.352 e. The Balaban J connectivity index is 1.72. The Kier molecular flexibility index (Phi) is 9.63. The van der Waals surface area contributed by atoms with Gasteiger partial charge in [-0.05, 0) is 62.4 Å². The van der Waals surface area contributed by atoms with Gasteiger partial charge in [0.25, 0.3) is 10.0 Å². The Morgan fingerprint density at radius 1 is 0.925 bits per heavy atom. The summed E-state index contributed by atoms with van der Waals surface area (Å²) in [6, 6.07) is 22.4. The highest BCUT2D eigenvalue weighted by Gasteiger charge is 2.34. The summed E-state index contributed by atoms with van der Waals surface area (Å²) in [6.45, 7) is 5.45. The van der Waals surface area contributed by atoms with Crippen molar-refractivity contribution in [2.45, 2.75) is 76.4 Å². The van der Waals surface area contributed by atoms with Gasteiger partial charge in [-0.3, -0.25) is 13.9 Å². The zero-order valence-electron chi connectivity index (χ0n) is 23.5. The van der Waals surface area contributed by atoms with E-state index in [1.54, 1.807) is 35.2 Å². The molecule has 1 atom stereocenters. The van der Waals surface area contributed by atoms with Gasteiger partial charge in [0.2, 0.25) is 11.8 Å². The number of carbonyl (C=O) groups is 2. The van der Waals surface area contributed by atoms with Crippen LogP contribution in [0.2, 0.25) is 0 Å². The molecule has 4 rings (SSSR count). The molecule has 212 valence electrons. The molecule has 0 aliphatic heterocycles. The summed E-state index contributed by atoms with van der Waals surface area (Å²) in [7, 11) is -4.07. The number of nitrogens with zero attached hydrogens (tertiary/aromatic N) is 2. The Morgan fingerprint density at radius 3 is 2.25 bits per heavy atom. The molecule has 3 aromatic rings. The summed E-state index contributed by atoms with van der Waals surface area (Å²) in [5.41, 5.74) is 3.08. The van der Waals surface area contributed by atoms with E-state index < -0.39 is 28.5 Å². The van der Waals surface area contributed by atoms with Crippen molar-refractivity contribution in [1.82, 2.24) is 10.2 Å². The fourth-order valence-electron chi connectivity index (χ4n) is 5.37. The van der Waals surface area contributed by atoms with E-state index in [1.165, 1.54) is 16.4 Å². The molecule has 1 aliphatic rings. The standard InChI is InChI=1S/C32H39N3O4S/c1-4-29(32(37)33-27-16-9-10-17-27)34(22-26-15-12-13-24(2)21-26)31(36)23-35(30-20-11-8-14-25(30)3)40(38,39)28-18-6-5-7-19-28/h5-8,11-15,18-21,27,29H,4,9-10,16-17,22-23H2,1-3H3,(H,33,37)/t29-/m1/s1. The fraction of sp³-hybridized carbons (Fsp3) is 0.375. The number of anilines is 1. The van der Waals surface area contributed by atoms with Crippen molar-refractivity contribution >= 4 is 27.5 Å². The average Bonchev–Trinajstić information content (AvgIpc) is 3.45. The summed E-state index contributed by atoms with van der Waals surface area (Å²) < 4.78 is 29.0. The number of benzene rings is 3. The van der Waals surface area contributed by atoms with Gasteiger partial charge in [-0.25, -0.2) is 8.42 Å². The third kappa shape index (κ3) is 6.91. The average molecular weight is 562 g/mol. The minimum Gasteiger partial charge on any atom is -0.352 e. The summed E-state index contributed by atoms with van der Waals surface area (Å²) in [6.07, 6.45) is 4.44. The molecule has 0 spiro atoms. The maximum Gasteiger partial charge on any atom is 0.264 e. The monoisotopic (exact) mass is 561 g/mol. The van der Waals surface area contributed by atoms with Crippen LogP contribution in [-0.4, -0.2) is 43.8 Å². The first-order chi connectivity index (χ1) is 19.2. The number of hydrogen-bond acceptors (Lipinski definition) is 4. The zero-order valence-corrected chi connectivity index (χ0v) is 24.4. The fourth-order valence-corrected chi connectivity index (χ4v) is 6.87. The molecule has 1 aliphatic carbocycles. The van der Waals surface area contributed by atoms with E-state index in [2.05, 4.69) is 5.32 Å². The molecule has 0 unspecified atom stereocenters. The Labute approximate surface area is 238 Å². The second-order valence-corrected chi connectivity index (χ2v) is 12.4. The number of hydrogen-bond donors (Lipinski definition) is 1. The maximum atomic E-state index is 14.2. The molecular weight excluding hydrogens is 522 g/mol. The van der Waals surface area contributed by atoms with Crippen molar-refractivity contribution in [3.8, 4) is 0 Å². The molecule has 0 saturated heterocycles. The SMILES string of the molecule is CC[C@H](C(=O)NC1CCCC1)N(Cc1cccc(C)c1)C(=O)CN(c1ccccc1C)S(=O)(=O)c1ccccc1. The lowest BCUT2D eigenvalue weighted by Gasteiger charge is -2.34. The Hall–Kier alpha value is -3.65. The second-order valence-electron chi connectivity index (χ2n) is 10.5. The molecule has 7 nitrogen and oxygen atoms in total. The van der Waals surface area contributed by atoms with Gasteiger partial charge < -0.3 is 10.2 Å². The molecule has 8 heteroatoms. The summed E-state index contributed by atoms with van der Waals surface area (Å²) in [5, 5.41) is 3.15. The van der Waals surface area contributed by atoms with Gasteiger partial charge in [0.15, 0.2) is 0 Å². The zero-order chi connectivity index (χ0) is 28.7. The van der Waals surface area contributed by atoms with E-state index in [0.717, 1.165) is 42.4 Å². The molecule has 40 heavy (non-hydrogen) atoms. The lowest BCUT2D eigenvalue weighted by atomic mass is 10.1. The summed E-state index contributed by atoms with van der Waals surface area (Å²) >= 11 is 0. The highest BCUT2D eigenvalue weighted by molar-refractivity contribution is 7.92. The van der Waals surface area contributed by atoms with Crippen LogP contribution < -0.4 is 9.62 Å². The summed E-state index contributed by atoms with van der Waals surface area (Å²) in [4.78, 5) is 29.4. The van der Waals surface area contributed by atoms with E-state index in [1.807, 2.05) is 57.2 Å². The summed E-state index contributed by atoms with van der Waals surface area (Å²) in [5.74, 6) is -0.624. The topological polar surface area (TPSA) is 86.8 Å². The lowest BCUT2D eigenvalue weighted by molar-refractivity contribution is -0.140. The number of sulfonamides is 1. The van der Waals surface area contributed by atoms with Crippen LogP contribution in [0.1, 0.15) is 55.7 Å². The van der Waals surface area contributed by atoms with Gasteiger partial charge in [0.1, 0.15) is 12.6 Å². The van der Waals surface area contributed by atoms with Crippen LogP contribution in [0.3, 0.4) is 0 Å². The molecule has 3 aromatic carbocycles. The van der Waals surface area contributed by atoms with Crippen molar-refractivity contribution < 1.29 is 18.0 Å². The first-order valence-electron chi connectivity index (χ1n) is 14.0. The quantitative estimate of drug-likeness (QED) is 0.341. The van der Waals surface area contributed by atoms with E-state index in [0.29, 0.717) is 12.1 Å². The van der Waals surface area contributed by atoms with Crippen molar-refractivity contribution in [2.75, 3.05) is 10.8 Å². The normalized spacial score (nSPS) is 14.5. The second kappa shape index (κ2) is 13.1. The van der Waals surface area contributed by atoms with Crippen LogP contribution in [0.5, 0.6) is 0 Å². The van der Waals surface area contributed by atoms with Gasteiger partial charge in [-0.2, -0.15) is 0 Å². The molecule has 1 saturated carbocycles. The van der Waals surface area contributed by atoms with Crippen molar-refractivity contribution in [3.63, 3.8) is 0 Å². The van der Waals surface area contributed by atoms with Gasteiger partial charge >= 0.3 is 0 Å². The predicted molar refractivity (Wildman–Crippen MR) is 158 cm³/mol. The third-order valence-corrected chi connectivity index (χ3v) is 9.29. The number of rotatable bonds is 11. The van der Waals surface area contributed by atoms with Crippen molar-refractivity contribution in [2.24, 2.45) is 0 Å². The van der Waals surface area contributed by atoms with E-state index in [9.17, 15) is 18.0 Å². The van der Waals surface area contributed by atoms with Crippen LogP contribution in [0.25, 0.3) is 0 Å². The Bertz CT molecular complexity index is 1420. The molecule has 2 amide bonds. The van der Waals surface area contributed by atoms with Crippen molar-refractivity contribution in [1.29, 1.82) is 0 Å². The van der Waals surface area contributed by atoms with Gasteiger partial charge in [0.05, 0.1) is 10.6 Å². The minimum atomic E-state index is -4.07. The van der Waals surface area contributed by atoms with E-state index in [4.69, 9.17) is 0 Å². The number of carbonyl (C=O) groups excluding carboxylic acids is 2. The predicted octanol–water partition coefficient (Wildman–Crippen LogP) is 5.36. The van der Waals surface area contributed by atoms with Gasteiger partial charge in [-0.1, -0.05) is 86.0 Å². The first kappa shape index (κ1) is 29.3. The van der Waals surface area contributed by atoms with E-state index >= 15 is 0 Å². The first-order valence-corrected chi connectivity index (χ1v) is 15.4. The highest BCUT2D eigenvalue weighted by atomic mass is 32.2. The van der Waals surface area contributed by atoms with Crippen LogP contribution in [0.15, 0.2) is 83.8 Å². The van der Waals surface area contributed by atoms with Gasteiger partial charge in [0, 0.05) is 12.6 Å². The molecule has 0 aromatic heterocycles. The third-order valence-electron chi connectivity index (χ3n) is 7.52. The van der Waals surface area contributed by atoms with Crippen molar-refractivity contribution in [3.05, 3.63) is 95.6 Å². The smallest absolute Gasteiger partial charge is 0.264 e. The molecule has 0 heterocycles. The van der Waals surface area contributed by atoms with Gasteiger partial charge in [-0.15, -0.1) is 0 Å². The number of aryl methyl sites for hydroxylation is 2. The molecular formula is C32H39N3O4S.